The lowest BCUT2D eigenvalue weighted by atomic mass is 10.2. The fourth-order valence-corrected chi connectivity index (χ4v) is 1.18. The van der Waals surface area contributed by atoms with Gasteiger partial charge in [0.25, 0.3) is 5.89 Å². The van der Waals surface area contributed by atoms with Gasteiger partial charge in [-0.25, -0.2) is 4.39 Å². The summed E-state index contributed by atoms with van der Waals surface area (Å²) in [6, 6.07) is 4.14. The molecule has 6 heteroatoms. The number of rotatable bonds is 2. The van der Waals surface area contributed by atoms with Crippen molar-refractivity contribution < 1.29 is 14.0 Å². The first-order valence-electron chi connectivity index (χ1n) is 4.09. The van der Waals surface area contributed by atoms with Crippen molar-refractivity contribution in [1.29, 1.82) is 0 Å². The monoisotopic (exact) mass is 228 g/mol. The van der Waals surface area contributed by atoms with Gasteiger partial charge in [-0.2, -0.15) is 4.98 Å². The highest BCUT2D eigenvalue weighted by Gasteiger charge is 2.10. The molecular formula is C9H6ClFN2O2. The molecule has 4 nitrogen and oxygen atoms in total. The average molecular weight is 229 g/mol. The zero-order valence-electron chi connectivity index (χ0n) is 7.44. The molecule has 0 atom stereocenters. The highest BCUT2D eigenvalue weighted by atomic mass is 35.5. The molecular weight excluding hydrogens is 223 g/mol. The lowest BCUT2D eigenvalue weighted by Crippen LogP contribution is -1.85. The standard InChI is InChI=1S/C9H6ClFN2O2/c10-6-2-1-5(3-7(6)11)9-12-8(4-14)13-15-9/h1-3,14H,4H2. The molecule has 0 radical (unpaired) electrons. The first-order valence-corrected chi connectivity index (χ1v) is 4.47. The average Bonchev–Trinajstić information content (AvgIpc) is 2.70. The van der Waals surface area contributed by atoms with Crippen molar-refractivity contribution in [1.82, 2.24) is 10.1 Å². The molecule has 0 saturated heterocycles. The lowest BCUT2D eigenvalue weighted by Gasteiger charge is -1.95. The maximum absolute atomic E-state index is 13.1. The fourth-order valence-electron chi connectivity index (χ4n) is 1.06. The molecule has 2 aromatic rings. The van der Waals surface area contributed by atoms with Crippen LogP contribution in [0, 0.1) is 5.82 Å². The summed E-state index contributed by atoms with van der Waals surface area (Å²) in [5.41, 5.74) is 0.420. The van der Waals surface area contributed by atoms with Gasteiger partial charge in [0.1, 0.15) is 12.4 Å². The molecule has 0 fully saturated rings. The van der Waals surface area contributed by atoms with Gasteiger partial charge in [0.2, 0.25) is 0 Å². The van der Waals surface area contributed by atoms with Crippen LogP contribution in [0.15, 0.2) is 22.7 Å². The van der Waals surface area contributed by atoms with Gasteiger partial charge in [-0.3, -0.25) is 0 Å². The van der Waals surface area contributed by atoms with Crippen LogP contribution in [0.5, 0.6) is 0 Å². The third-order valence-corrected chi connectivity index (χ3v) is 2.08. The molecule has 0 aliphatic carbocycles. The topological polar surface area (TPSA) is 59.2 Å². The molecule has 0 aliphatic heterocycles. The number of benzene rings is 1. The Morgan fingerprint density at radius 1 is 1.47 bits per heavy atom. The van der Waals surface area contributed by atoms with Crippen LogP contribution in [-0.4, -0.2) is 15.2 Å². The Morgan fingerprint density at radius 3 is 2.87 bits per heavy atom. The van der Waals surface area contributed by atoms with Crippen LogP contribution in [0.3, 0.4) is 0 Å². The van der Waals surface area contributed by atoms with E-state index in [4.69, 9.17) is 21.2 Å². The van der Waals surface area contributed by atoms with E-state index in [1.807, 2.05) is 0 Å². The minimum Gasteiger partial charge on any atom is -0.388 e. The highest BCUT2D eigenvalue weighted by molar-refractivity contribution is 6.30. The van der Waals surface area contributed by atoms with Crippen molar-refractivity contribution in [3.63, 3.8) is 0 Å². The van der Waals surface area contributed by atoms with Crippen LogP contribution < -0.4 is 0 Å². The summed E-state index contributed by atoms with van der Waals surface area (Å²) in [5, 5.41) is 12.2. The van der Waals surface area contributed by atoms with E-state index in [0.717, 1.165) is 0 Å². The Morgan fingerprint density at radius 2 is 2.27 bits per heavy atom. The summed E-state index contributed by atoms with van der Waals surface area (Å²) < 4.78 is 17.9. The summed E-state index contributed by atoms with van der Waals surface area (Å²) in [4.78, 5) is 3.83. The molecule has 15 heavy (non-hydrogen) atoms. The fraction of sp³-hybridized carbons (Fsp3) is 0.111. The Kier molecular flexibility index (Phi) is 2.66. The van der Waals surface area contributed by atoms with Gasteiger partial charge < -0.3 is 9.63 Å². The van der Waals surface area contributed by atoms with Crippen molar-refractivity contribution in [2.45, 2.75) is 6.61 Å². The van der Waals surface area contributed by atoms with E-state index in [9.17, 15) is 4.39 Å². The molecule has 0 unspecified atom stereocenters. The van der Waals surface area contributed by atoms with E-state index in [2.05, 4.69) is 10.1 Å². The first kappa shape index (κ1) is 10.1. The number of hydrogen-bond donors (Lipinski definition) is 1. The van der Waals surface area contributed by atoms with Crippen LogP contribution in [0.1, 0.15) is 5.82 Å². The third-order valence-electron chi connectivity index (χ3n) is 1.78. The van der Waals surface area contributed by atoms with Gasteiger partial charge in [0.05, 0.1) is 5.02 Å². The van der Waals surface area contributed by atoms with Crippen LogP contribution in [0.2, 0.25) is 5.02 Å². The number of nitrogens with zero attached hydrogens (tertiary/aromatic N) is 2. The molecule has 1 N–H and O–H groups in total. The summed E-state index contributed by atoms with van der Waals surface area (Å²) >= 11 is 5.52. The number of aliphatic hydroxyl groups is 1. The molecule has 1 heterocycles. The number of aromatic nitrogens is 2. The molecule has 0 bridgehead atoms. The largest absolute Gasteiger partial charge is 0.388 e. The first-order chi connectivity index (χ1) is 7.20. The van der Waals surface area contributed by atoms with Gasteiger partial charge in [0, 0.05) is 5.56 Å². The normalized spacial score (nSPS) is 10.6. The molecule has 1 aromatic heterocycles. The number of halogens is 2. The highest BCUT2D eigenvalue weighted by Crippen LogP contribution is 2.22. The van der Waals surface area contributed by atoms with Crippen molar-refractivity contribution in [3.05, 3.63) is 34.9 Å². The lowest BCUT2D eigenvalue weighted by molar-refractivity contribution is 0.264. The van der Waals surface area contributed by atoms with Crippen molar-refractivity contribution in [2.24, 2.45) is 0 Å². The third kappa shape index (κ3) is 1.98. The zero-order valence-corrected chi connectivity index (χ0v) is 8.20. The Labute approximate surface area is 89.3 Å². The van der Waals surface area contributed by atoms with Gasteiger partial charge in [-0.1, -0.05) is 16.8 Å². The van der Waals surface area contributed by atoms with E-state index in [-0.39, 0.29) is 23.3 Å². The van der Waals surface area contributed by atoms with Crippen LogP contribution in [-0.2, 0) is 6.61 Å². The van der Waals surface area contributed by atoms with E-state index < -0.39 is 5.82 Å². The maximum Gasteiger partial charge on any atom is 0.258 e. The summed E-state index contributed by atoms with van der Waals surface area (Å²) in [6.07, 6.45) is 0. The van der Waals surface area contributed by atoms with E-state index in [1.165, 1.54) is 12.1 Å². The van der Waals surface area contributed by atoms with Gasteiger partial charge >= 0.3 is 0 Å². The van der Waals surface area contributed by atoms with Gasteiger partial charge in [0.15, 0.2) is 5.82 Å². The van der Waals surface area contributed by atoms with Crippen LogP contribution in [0.25, 0.3) is 11.5 Å². The van der Waals surface area contributed by atoms with E-state index in [1.54, 1.807) is 6.07 Å². The molecule has 78 valence electrons. The Balaban J connectivity index is 2.40. The minimum absolute atomic E-state index is 0.0284. The summed E-state index contributed by atoms with van der Waals surface area (Å²) in [6.45, 7) is -0.320. The quantitative estimate of drug-likeness (QED) is 0.854. The SMILES string of the molecule is OCc1noc(-c2ccc(Cl)c(F)c2)n1. The molecule has 0 saturated carbocycles. The summed E-state index contributed by atoms with van der Waals surface area (Å²) in [7, 11) is 0. The van der Waals surface area contributed by atoms with Crippen molar-refractivity contribution >= 4 is 11.6 Å². The minimum atomic E-state index is -0.557. The molecule has 0 aliphatic rings. The molecule has 0 spiro atoms. The summed E-state index contributed by atoms with van der Waals surface area (Å²) in [5.74, 6) is -0.257. The van der Waals surface area contributed by atoms with Crippen LogP contribution >= 0.6 is 11.6 Å². The zero-order chi connectivity index (χ0) is 10.8. The second kappa shape index (κ2) is 3.96. The second-order valence-corrected chi connectivity index (χ2v) is 3.21. The van der Waals surface area contributed by atoms with E-state index >= 15 is 0 Å². The second-order valence-electron chi connectivity index (χ2n) is 2.80. The molecule has 1 aromatic carbocycles. The van der Waals surface area contributed by atoms with Gasteiger partial charge in [-0.05, 0) is 18.2 Å². The predicted octanol–water partition coefficient (Wildman–Crippen LogP) is 2.02. The van der Waals surface area contributed by atoms with Crippen molar-refractivity contribution in [3.8, 4) is 11.5 Å². The maximum atomic E-state index is 13.1. The van der Waals surface area contributed by atoms with E-state index in [0.29, 0.717) is 5.56 Å². The number of hydrogen-bond acceptors (Lipinski definition) is 4. The van der Waals surface area contributed by atoms with Crippen LogP contribution in [0.4, 0.5) is 4.39 Å². The molecule has 0 amide bonds. The smallest absolute Gasteiger partial charge is 0.258 e. The Bertz CT molecular complexity index is 487. The Hall–Kier alpha value is -1.46. The molecule has 2 rings (SSSR count). The van der Waals surface area contributed by atoms with Crippen molar-refractivity contribution in [2.75, 3.05) is 0 Å². The predicted molar refractivity (Wildman–Crippen MR) is 50.6 cm³/mol. The van der Waals surface area contributed by atoms with Gasteiger partial charge in [-0.15, -0.1) is 0 Å². The number of aliphatic hydroxyl groups excluding tert-OH is 1.